The van der Waals surface area contributed by atoms with E-state index >= 15 is 0 Å². The summed E-state index contributed by atoms with van der Waals surface area (Å²) in [5, 5.41) is 10.4. The van der Waals surface area contributed by atoms with Gasteiger partial charge in [0.15, 0.2) is 5.54 Å². The molecule has 1 unspecified atom stereocenters. The predicted molar refractivity (Wildman–Crippen MR) is 62.2 cm³/mol. The van der Waals surface area contributed by atoms with Gasteiger partial charge < -0.3 is 15.2 Å². The van der Waals surface area contributed by atoms with Crippen LogP contribution < -0.4 is 10.1 Å². The number of ether oxygens (including phenoxy) is 1. The Bertz CT molecular complexity index is 489. The predicted octanol–water partition coefficient (Wildman–Crippen LogP) is 1.59. The van der Waals surface area contributed by atoms with Crippen LogP contribution in [-0.4, -0.2) is 35.3 Å². The fourth-order valence-electron chi connectivity index (χ4n) is 1.22. The summed E-state index contributed by atoms with van der Waals surface area (Å²) >= 11 is 0. The van der Waals surface area contributed by atoms with E-state index in [4.69, 9.17) is 9.84 Å². The average molecular weight is 291 g/mol. The van der Waals surface area contributed by atoms with Gasteiger partial charge in [0.1, 0.15) is 12.4 Å². The second-order valence-electron chi connectivity index (χ2n) is 4.19. The summed E-state index contributed by atoms with van der Waals surface area (Å²) in [6, 6.07) is 7.93. The number of carbonyl (C=O) groups excluding carboxylic acids is 1. The van der Waals surface area contributed by atoms with Crippen LogP contribution >= 0.6 is 0 Å². The van der Waals surface area contributed by atoms with Gasteiger partial charge in [-0.2, -0.15) is 13.2 Å². The van der Waals surface area contributed by atoms with Gasteiger partial charge in [0.25, 0.3) is 0 Å². The quantitative estimate of drug-likeness (QED) is 0.863. The molecule has 0 aliphatic rings. The summed E-state index contributed by atoms with van der Waals surface area (Å²) in [4.78, 5) is 21.9. The second kappa shape index (κ2) is 5.81. The highest BCUT2D eigenvalue weighted by molar-refractivity contribution is 5.89. The molecule has 0 aliphatic carbocycles. The Morgan fingerprint density at radius 1 is 1.25 bits per heavy atom. The first kappa shape index (κ1) is 15.8. The van der Waals surface area contributed by atoms with Crippen LogP contribution in [0.4, 0.5) is 13.2 Å². The van der Waals surface area contributed by atoms with Crippen molar-refractivity contribution in [1.29, 1.82) is 0 Å². The summed E-state index contributed by atoms with van der Waals surface area (Å²) in [5.74, 6) is -3.69. The van der Waals surface area contributed by atoms with E-state index < -0.39 is 30.2 Å². The third kappa shape index (κ3) is 4.15. The zero-order chi connectivity index (χ0) is 15.4. The lowest BCUT2D eigenvalue weighted by atomic mass is 10.0. The maximum absolute atomic E-state index is 12.2. The molecule has 1 rings (SSSR count). The van der Waals surface area contributed by atoms with Crippen LogP contribution in [0.15, 0.2) is 30.3 Å². The molecule has 0 aromatic heterocycles. The highest BCUT2D eigenvalue weighted by atomic mass is 19.4. The number of hydrogen-bond donors (Lipinski definition) is 2. The molecule has 0 spiro atoms. The lowest BCUT2D eigenvalue weighted by Crippen LogP contribution is -2.59. The Morgan fingerprint density at radius 3 is 2.25 bits per heavy atom. The van der Waals surface area contributed by atoms with E-state index in [1.165, 1.54) is 17.4 Å². The largest absolute Gasteiger partial charge is 0.491 e. The van der Waals surface area contributed by atoms with Crippen LogP contribution in [0, 0.1) is 0 Å². The molecule has 0 heterocycles. The van der Waals surface area contributed by atoms with E-state index in [-0.39, 0.29) is 5.75 Å². The Hall–Kier alpha value is -2.25. The minimum absolute atomic E-state index is 0.279. The Kier molecular flexibility index (Phi) is 4.59. The van der Waals surface area contributed by atoms with Crippen molar-refractivity contribution in [2.24, 2.45) is 0 Å². The lowest BCUT2D eigenvalue weighted by molar-refractivity contribution is -0.178. The number of hydrogen-bond acceptors (Lipinski definition) is 3. The van der Waals surface area contributed by atoms with E-state index in [0.29, 0.717) is 0 Å². The molecular formula is C12H12F3NO4. The monoisotopic (exact) mass is 291 g/mol. The van der Waals surface area contributed by atoms with Crippen molar-refractivity contribution >= 4 is 11.9 Å². The lowest BCUT2D eigenvalue weighted by Gasteiger charge is -2.26. The number of benzene rings is 1. The number of para-hydroxylation sites is 1. The van der Waals surface area contributed by atoms with E-state index in [9.17, 15) is 22.8 Å². The van der Waals surface area contributed by atoms with Gasteiger partial charge in [-0.05, 0) is 19.1 Å². The second-order valence-corrected chi connectivity index (χ2v) is 4.19. The fourth-order valence-corrected chi connectivity index (χ4v) is 1.22. The van der Waals surface area contributed by atoms with Crippen molar-refractivity contribution in [3.8, 4) is 5.75 Å². The van der Waals surface area contributed by atoms with Gasteiger partial charge in [0, 0.05) is 0 Å². The molecule has 1 aromatic rings. The van der Waals surface area contributed by atoms with E-state index in [1.807, 2.05) is 0 Å². The van der Waals surface area contributed by atoms with Crippen LogP contribution in [0.5, 0.6) is 5.75 Å². The maximum Gasteiger partial charge on any atom is 0.471 e. The van der Waals surface area contributed by atoms with Gasteiger partial charge in [-0.3, -0.25) is 4.79 Å². The zero-order valence-corrected chi connectivity index (χ0v) is 10.4. The van der Waals surface area contributed by atoms with Crippen molar-refractivity contribution in [1.82, 2.24) is 5.32 Å². The number of carbonyl (C=O) groups is 2. The molecule has 0 bridgehead atoms. The van der Waals surface area contributed by atoms with Crippen LogP contribution in [0.1, 0.15) is 6.92 Å². The standard InChI is InChI=1S/C12H12F3NO4/c1-11(10(18)19,16-9(17)12(13,14)15)7-20-8-5-3-2-4-6-8/h2-6H,7H2,1H3,(H,16,17)(H,18,19). The molecule has 110 valence electrons. The normalized spacial score (nSPS) is 14.2. The van der Waals surface area contributed by atoms with E-state index in [2.05, 4.69) is 0 Å². The first-order valence-electron chi connectivity index (χ1n) is 5.46. The van der Waals surface area contributed by atoms with Gasteiger partial charge >= 0.3 is 18.1 Å². The SMILES string of the molecule is CC(COc1ccccc1)(NC(=O)C(F)(F)F)C(=O)O. The first-order valence-corrected chi connectivity index (χ1v) is 5.46. The minimum atomic E-state index is -5.16. The number of aliphatic carboxylic acids is 1. The summed E-state index contributed by atoms with van der Waals surface area (Å²) in [7, 11) is 0. The molecule has 0 aliphatic heterocycles. The average Bonchev–Trinajstić information content (AvgIpc) is 2.36. The number of carboxylic acids is 1. The van der Waals surface area contributed by atoms with Gasteiger partial charge in [-0.25, -0.2) is 4.79 Å². The Labute approximate surface area is 112 Å². The van der Waals surface area contributed by atoms with Crippen molar-refractivity contribution < 1.29 is 32.6 Å². The number of alkyl halides is 3. The van der Waals surface area contributed by atoms with E-state index in [0.717, 1.165) is 6.92 Å². The molecule has 5 nitrogen and oxygen atoms in total. The number of halogens is 3. The highest BCUT2D eigenvalue weighted by Crippen LogP contribution is 2.18. The molecule has 1 amide bonds. The third-order valence-corrected chi connectivity index (χ3v) is 2.39. The van der Waals surface area contributed by atoms with Crippen molar-refractivity contribution in [2.45, 2.75) is 18.6 Å². The molecule has 1 aromatic carbocycles. The molecular weight excluding hydrogens is 279 g/mol. The van der Waals surface area contributed by atoms with Crippen molar-refractivity contribution in [3.63, 3.8) is 0 Å². The Morgan fingerprint density at radius 2 is 1.80 bits per heavy atom. The van der Waals surface area contributed by atoms with E-state index in [1.54, 1.807) is 18.2 Å². The molecule has 20 heavy (non-hydrogen) atoms. The first-order chi connectivity index (χ1) is 9.15. The van der Waals surface area contributed by atoms with Crippen molar-refractivity contribution in [3.05, 3.63) is 30.3 Å². The minimum Gasteiger partial charge on any atom is -0.491 e. The number of amides is 1. The number of rotatable bonds is 5. The molecule has 0 saturated carbocycles. The topological polar surface area (TPSA) is 75.6 Å². The number of nitrogens with one attached hydrogen (secondary N) is 1. The maximum atomic E-state index is 12.2. The van der Waals surface area contributed by atoms with Crippen LogP contribution in [-0.2, 0) is 9.59 Å². The van der Waals surface area contributed by atoms with Crippen LogP contribution in [0.25, 0.3) is 0 Å². The molecule has 8 heteroatoms. The highest BCUT2D eigenvalue weighted by Gasteiger charge is 2.45. The number of carboxylic acid groups (broad SMARTS) is 1. The third-order valence-electron chi connectivity index (χ3n) is 2.39. The molecule has 2 N–H and O–H groups in total. The molecule has 0 radical (unpaired) electrons. The van der Waals surface area contributed by atoms with Gasteiger partial charge in [0.05, 0.1) is 0 Å². The molecule has 0 saturated heterocycles. The fraction of sp³-hybridized carbons (Fsp3) is 0.333. The van der Waals surface area contributed by atoms with Crippen molar-refractivity contribution in [2.75, 3.05) is 6.61 Å². The van der Waals surface area contributed by atoms with Crippen LogP contribution in [0.2, 0.25) is 0 Å². The van der Waals surface area contributed by atoms with Gasteiger partial charge in [0.2, 0.25) is 0 Å². The molecule has 1 atom stereocenters. The Balaban J connectivity index is 2.77. The van der Waals surface area contributed by atoms with Crippen LogP contribution in [0.3, 0.4) is 0 Å². The van der Waals surface area contributed by atoms with Gasteiger partial charge in [-0.1, -0.05) is 18.2 Å². The molecule has 0 fully saturated rings. The van der Waals surface area contributed by atoms with Gasteiger partial charge in [-0.15, -0.1) is 0 Å². The summed E-state index contributed by atoms with van der Waals surface area (Å²) in [6.07, 6.45) is -5.16. The summed E-state index contributed by atoms with van der Waals surface area (Å²) < 4.78 is 41.6. The summed E-state index contributed by atoms with van der Waals surface area (Å²) in [6.45, 7) is 0.288. The smallest absolute Gasteiger partial charge is 0.471 e. The summed E-state index contributed by atoms with van der Waals surface area (Å²) in [5.41, 5.74) is -2.19. The zero-order valence-electron chi connectivity index (χ0n) is 10.4.